The van der Waals surface area contributed by atoms with Crippen molar-refractivity contribution in [1.82, 2.24) is 0 Å². The smallest absolute Gasteiger partial charge is 0.108 e. The summed E-state index contributed by atoms with van der Waals surface area (Å²) in [5, 5.41) is 10.8. The van der Waals surface area contributed by atoms with Gasteiger partial charge in [-0.25, -0.2) is 0 Å². The number of hydrogen-bond donors (Lipinski definition) is 1. The molecule has 19 heavy (non-hydrogen) atoms. The van der Waals surface area contributed by atoms with Gasteiger partial charge in [0.2, 0.25) is 0 Å². The van der Waals surface area contributed by atoms with Gasteiger partial charge in [0, 0.05) is 6.61 Å². The molecule has 0 heterocycles. The van der Waals surface area contributed by atoms with E-state index in [1.165, 1.54) is 12.0 Å². The van der Waals surface area contributed by atoms with Gasteiger partial charge in [0.15, 0.2) is 0 Å². The van der Waals surface area contributed by atoms with E-state index in [4.69, 9.17) is 4.74 Å². The molecule has 1 aliphatic carbocycles. The molecule has 106 valence electrons. The van der Waals surface area contributed by atoms with Crippen LogP contribution in [0.2, 0.25) is 0 Å². The molecule has 0 spiro atoms. The van der Waals surface area contributed by atoms with Crippen molar-refractivity contribution in [2.75, 3.05) is 6.61 Å². The number of rotatable bonds is 5. The predicted molar refractivity (Wildman–Crippen MR) is 78.2 cm³/mol. The third kappa shape index (κ3) is 3.18. The van der Waals surface area contributed by atoms with E-state index in [0.717, 1.165) is 37.7 Å². The second-order valence-electron chi connectivity index (χ2n) is 5.56. The van der Waals surface area contributed by atoms with Crippen LogP contribution in [0, 0.1) is 0 Å². The number of hydrogen-bond acceptors (Lipinski definition) is 2. The topological polar surface area (TPSA) is 29.5 Å². The SMILES string of the molecule is CCOC1(C(O)c2cccc(CC)c2)CCCCC1. The van der Waals surface area contributed by atoms with Gasteiger partial charge in [0.25, 0.3) is 0 Å². The van der Waals surface area contributed by atoms with Crippen molar-refractivity contribution in [1.29, 1.82) is 0 Å². The van der Waals surface area contributed by atoms with E-state index < -0.39 is 6.10 Å². The van der Waals surface area contributed by atoms with Crippen molar-refractivity contribution < 1.29 is 9.84 Å². The second-order valence-corrected chi connectivity index (χ2v) is 5.56. The van der Waals surface area contributed by atoms with E-state index in [9.17, 15) is 5.11 Å². The van der Waals surface area contributed by atoms with Gasteiger partial charge in [-0.1, -0.05) is 50.5 Å². The van der Waals surface area contributed by atoms with Gasteiger partial charge in [-0.05, 0) is 37.3 Å². The summed E-state index contributed by atoms with van der Waals surface area (Å²) < 4.78 is 6.01. The van der Waals surface area contributed by atoms with Gasteiger partial charge in [0.1, 0.15) is 6.10 Å². The molecule has 2 heteroatoms. The highest BCUT2D eigenvalue weighted by atomic mass is 16.5. The Morgan fingerprint density at radius 2 is 1.95 bits per heavy atom. The highest BCUT2D eigenvalue weighted by Gasteiger charge is 2.40. The molecule has 1 aromatic rings. The summed E-state index contributed by atoms with van der Waals surface area (Å²) >= 11 is 0. The minimum atomic E-state index is -0.501. The maximum Gasteiger partial charge on any atom is 0.108 e. The van der Waals surface area contributed by atoms with Crippen molar-refractivity contribution in [3.05, 3.63) is 35.4 Å². The zero-order chi connectivity index (χ0) is 13.7. The highest BCUT2D eigenvalue weighted by molar-refractivity contribution is 5.27. The Morgan fingerprint density at radius 3 is 2.58 bits per heavy atom. The molecule has 1 fully saturated rings. The first-order chi connectivity index (χ1) is 9.22. The van der Waals surface area contributed by atoms with E-state index in [2.05, 4.69) is 19.1 Å². The minimum Gasteiger partial charge on any atom is -0.385 e. The summed E-state index contributed by atoms with van der Waals surface area (Å²) in [6.07, 6.45) is 6.02. The maximum absolute atomic E-state index is 10.8. The van der Waals surface area contributed by atoms with Crippen LogP contribution in [0.25, 0.3) is 0 Å². The monoisotopic (exact) mass is 262 g/mol. The maximum atomic E-state index is 10.8. The van der Waals surface area contributed by atoms with Crippen LogP contribution < -0.4 is 0 Å². The molecule has 0 amide bonds. The van der Waals surface area contributed by atoms with E-state index in [1.54, 1.807) is 0 Å². The first kappa shape index (κ1) is 14.5. The Bertz CT molecular complexity index is 388. The van der Waals surface area contributed by atoms with Crippen LogP contribution in [0.4, 0.5) is 0 Å². The molecule has 1 aromatic carbocycles. The Morgan fingerprint density at radius 1 is 1.21 bits per heavy atom. The summed E-state index contributed by atoms with van der Waals surface area (Å²) in [7, 11) is 0. The Kier molecular flexibility index (Phi) is 5.00. The lowest BCUT2D eigenvalue weighted by molar-refractivity contribution is -0.141. The minimum absolute atomic E-state index is 0.362. The fourth-order valence-electron chi connectivity index (χ4n) is 3.22. The van der Waals surface area contributed by atoms with Gasteiger partial charge in [0.05, 0.1) is 5.60 Å². The third-order valence-electron chi connectivity index (χ3n) is 4.31. The van der Waals surface area contributed by atoms with Crippen LogP contribution in [-0.2, 0) is 11.2 Å². The fourth-order valence-corrected chi connectivity index (χ4v) is 3.22. The molecule has 0 aromatic heterocycles. The van der Waals surface area contributed by atoms with Crippen molar-refractivity contribution in [2.45, 2.75) is 64.1 Å². The zero-order valence-corrected chi connectivity index (χ0v) is 12.2. The molecule has 0 saturated heterocycles. The molecule has 2 nitrogen and oxygen atoms in total. The molecule has 1 unspecified atom stereocenters. The molecule has 0 radical (unpaired) electrons. The van der Waals surface area contributed by atoms with Crippen LogP contribution in [0.1, 0.15) is 63.2 Å². The molecular weight excluding hydrogens is 236 g/mol. The number of benzene rings is 1. The van der Waals surface area contributed by atoms with Gasteiger partial charge >= 0.3 is 0 Å². The molecule has 1 atom stereocenters. The Balaban J connectivity index is 2.24. The van der Waals surface area contributed by atoms with Crippen molar-refractivity contribution in [3.8, 4) is 0 Å². The van der Waals surface area contributed by atoms with Crippen LogP contribution in [0.5, 0.6) is 0 Å². The Labute approximate surface area is 116 Å². The highest BCUT2D eigenvalue weighted by Crippen LogP contribution is 2.41. The van der Waals surface area contributed by atoms with Crippen LogP contribution in [-0.4, -0.2) is 17.3 Å². The van der Waals surface area contributed by atoms with E-state index in [0.29, 0.717) is 6.61 Å². The van der Waals surface area contributed by atoms with Gasteiger partial charge in [-0.15, -0.1) is 0 Å². The molecule has 0 aliphatic heterocycles. The van der Waals surface area contributed by atoms with Crippen molar-refractivity contribution in [3.63, 3.8) is 0 Å². The van der Waals surface area contributed by atoms with Gasteiger partial charge in [-0.2, -0.15) is 0 Å². The summed E-state index contributed by atoms with van der Waals surface area (Å²) in [5.74, 6) is 0. The molecule has 2 rings (SSSR count). The summed E-state index contributed by atoms with van der Waals surface area (Å²) in [6.45, 7) is 4.83. The van der Waals surface area contributed by atoms with E-state index >= 15 is 0 Å². The lowest BCUT2D eigenvalue weighted by Gasteiger charge is -2.41. The molecular formula is C17H26O2. The molecule has 1 saturated carbocycles. The Hall–Kier alpha value is -0.860. The number of aliphatic hydroxyl groups is 1. The quantitative estimate of drug-likeness (QED) is 0.868. The van der Waals surface area contributed by atoms with E-state index in [-0.39, 0.29) is 5.60 Å². The van der Waals surface area contributed by atoms with Gasteiger partial charge < -0.3 is 9.84 Å². The van der Waals surface area contributed by atoms with Crippen LogP contribution in [0.15, 0.2) is 24.3 Å². The fraction of sp³-hybridized carbons (Fsp3) is 0.647. The standard InChI is InChI=1S/C17H26O2/c1-3-14-9-8-10-15(13-14)16(18)17(19-4-2)11-6-5-7-12-17/h8-10,13,16,18H,3-7,11-12H2,1-2H3. The molecule has 1 N–H and O–H groups in total. The summed E-state index contributed by atoms with van der Waals surface area (Å²) in [6, 6.07) is 8.31. The van der Waals surface area contributed by atoms with Crippen molar-refractivity contribution in [2.24, 2.45) is 0 Å². The van der Waals surface area contributed by atoms with E-state index in [1.807, 2.05) is 19.1 Å². The van der Waals surface area contributed by atoms with Crippen LogP contribution >= 0.6 is 0 Å². The largest absolute Gasteiger partial charge is 0.385 e. The zero-order valence-electron chi connectivity index (χ0n) is 12.2. The first-order valence-electron chi connectivity index (χ1n) is 7.62. The third-order valence-corrected chi connectivity index (χ3v) is 4.31. The number of aliphatic hydroxyl groups excluding tert-OH is 1. The predicted octanol–water partition coefficient (Wildman–Crippen LogP) is 4.02. The number of ether oxygens (including phenoxy) is 1. The van der Waals surface area contributed by atoms with Crippen molar-refractivity contribution >= 4 is 0 Å². The molecule has 1 aliphatic rings. The lowest BCUT2D eigenvalue weighted by atomic mass is 9.78. The normalized spacial score (nSPS) is 20.2. The average Bonchev–Trinajstić information content (AvgIpc) is 2.48. The summed E-state index contributed by atoms with van der Waals surface area (Å²) in [5.41, 5.74) is 1.92. The second kappa shape index (κ2) is 6.53. The summed E-state index contributed by atoms with van der Waals surface area (Å²) in [4.78, 5) is 0. The average molecular weight is 262 g/mol. The first-order valence-corrected chi connectivity index (χ1v) is 7.62. The van der Waals surface area contributed by atoms with Gasteiger partial charge in [-0.3, -0.25) is 0 Å². The number of aryl methyl sites for hydroxylation is 1. The molecule has 0 bridgehead atoms. The lowest BCUT2D eigenvalue weighted by Crippen LogP contribution is -2.41. The van der Waals surface area contributed by atoms with Crippen LogP contribution in [0.3, 0.4) is 0 Å².